The van der Waals surface area contributed by atoms with Gasteiger partial charge in [0, 0.05) is 28.3 Å². The molecule has 0 fully saturated rings. The Balaban J connectivity index is 3.83. The van der Waals surface area contributed by atoms with Gasteiger partial charge in [-0.05, 0) is 6.92 Å². The molecule has 0 saturated heterocycles. The lowest BCUT2D eigenvalue weighted by Gasteiger charge is -2.22. The number of amides is 1. The summed E-state index contributed by atoms with van der Waals surface area (Å²) in [5, 5.41) is 3.02. The first kappa shape index (κ1) is 13.4. The lowest BCUT2D eigenvalue weighted by atomic mass is 10.3. The molecule has 0 rings (SSSR count). The number of rotatable bonds is 6. The first-order valence-electron chi connectivity index (χ1n) is 4.52. The lowest BCUT2D eigenvalue weighted by molar-refractivity contribution is -0.131. The fourth-order valence-electron chi connectivity index (χ4n) is 1.01. The number of methoxy groups -OCH3 is 2. The maximum Gasteiger partial charge on any atom is 0.236 e. The second kappa shape index (κ2) is 6.75. The SMILES string of the molecule is COC(OC)C(C)NCC(=O)N(C)C. The van der Waals surface area contributed by atoms with Crippen LogP contribution in [0.15, 0.2) is 0 Å². The van der Waals surface area contributed by atoms with E-state index in [1.54, 1.807) is 28.3 Å². The zero-order chi connectivity index (χ0) is 11.1. The van der Waals surface area contributed by atoms with E-state index < -0.39 is 0 Å². The van der Waals surface area contributed by atoms with Gasteiger partial charge in [-0.25, -0.2) is 0 Å². The van der Waals surface area contributed by atoms with Crippen molar-refractivity contribution >= 4 is 5.91 Å². The summed E-state index contributed by atoms with van der Waals surface area (Å²) in [6.45, 7) is 2.19. The van der Waals surface area contributed by atoms with Crippen molar-refractivity contribution in [3.05, 3.63) is 0 Å². The number of hydrogen-bond donors (Lipinski definition) is 1. The highest BCUT2D eigenvalue weighted by Crippen LogP contribution is 1.97. The summed E-state index contributed by atoms with van der Waals surface area (Å²) in [7, 11) is 6.58. The number of carbonyl (C=O) groups is 1. The number of carbonyl (C=O) groups excluding carboxylic acids is 1. The number of nitrogens with zero attached hydrogens (tertiary/aromatic N) is 1. The van der Waals surface area contributed by atoms with Crippen LogP contribution in [0.4, 0.5) is 0 Å². The Morgan fingerprint density at radius 2 is 1.86 bits per heavy atom. The molecule has 0 saturated carbocycles. The Labute approximate surface area is 85.4 Å². The quantitative estimate of drug-likeness (QED) is 0.602. The summed E-state index contributed by atoms with van der Waals surface area (Å²) >= 11 is 0. The van der Waals surface area contributed by atoms with Crippen LogP contribution in [-0.2, 0) is 14.3 Å². The monoisotopic (exact) mass is 204 g/mol. The number of nitrogens with one attached hydrogen (secondary N) is 1. The molecule has 0 radical (unpaired) electrons. The van der Waals surface area contributed by atoms with Crippen LogP contribution >= 0.6 is 0 Å². The number of ether oxygens (including phenoxy) is 2. The molecule has 0 aromatic rings. The van der Waals surface area contributed by atoms with Gasteiger partial charge in [0.25, 0.3) is 0 Å². The van der Waals surface area contributed by atoms with Crippen LogP contribution < -0.4 is 5.32 Å². The third-order valence-electron chi connectivity index (χ3n) is 1.95. The van der Waals surface area contributed by atoms with E-state index in [9.17, 15) is 4.79 Å². The smallest absolute Gasteiger partial charge is 0.236 e. The molecule has 1 amide bonds. The van der Waals surface area contributed by atoms with Gasteiger partial charge in [-0.2, -0.15) is 0 Å². The standard InChI is InChI=1S/C9H20N2O3/c1-7(9(13-4)14-5)10-6-8(12)11(2)3/h7,9-10H,6H2,1-5H3. The molecule has 5 nitrogen and oxygen atoms in total. The highest BCUT2D eigenvalue weighted by Gasteiger charge is 2.16. The molecule has 84 valence electrons. The molecule has 0 aliphatic carbocycles. The Morgan fingerprint density at radius 3 is 2.21 bits per heavy atom. The predicted molar refractivity (Wildman–Crippen MR) is 54.0 cm³/mol. The fourth-order valence-corrected chi connectivity index (χ4v) is 1.01. The van der Waals surface area contributed by atoms with Gasteiger partial charge in [0.2, 0.25) is 5.91 Å². The molecule has 14 heavy (non-hydrogen) atoms. The fraction of sp³-hybridized carbons (Fsp3) is 0.889. The largest absolute Gasteiger partial charge is 0.354 e. The molecule has 1 atom stereocenters. The first-order valence-corrected chi connectivity index (χ1v) is 4.52. The predicted octanol–water partition coefficient (Wildman–Crippen LogP) is -0.328. The Hall–Kier alpha value is -0.650. The Morgan fingerprint density at radius 1 is 1.36 bits per heavy atom. The van der Waals surface area contributed by atoms with Gasteiger partial charge in [0.1, 0.15) is 0 Å². The van der Waals surface area contributed by atoms with Gasteiger partial charge in [-0.1, -0.05) is 0 Å². The normalized spacial score (nSPS) is 13.0. The maximum atomic E-state index is 11.2. The van der Waals surface area contributed by atoms with Crippen molar-refractivity contribution in [2.75, 3.05) is 34.9 Å². The summed E-state index contributed by atoms with van der Waals surface area (Å²) in [5.74, 6) is 0.0304. The highest BCUT2D eigenvalue weighted by atomic mass is 16.7. The molecule has 0 spiro atoms. The highest BCUT2D eigenvalue weighted by molar-refractivity contribution is 5.77. The Kier molecular flexibility index (Phi) is 6.44. The molecule has 1 N–H and O–H groups in total. The van der Waals surface area contributed by atoms with Gasteiger partial charge < -0.3 is 19.7 Å². The molecule has 0 bridgehead atoms. The van der Waals surface area contributed by atoms with Crippen molar-refractivity contribution in [2.45, 2.75) is 19.3 Å². The van der Waals surface area contributed by atoms with E-state index in [2.05, 4.69) is 5.32 Å². The Bertz CT molecular complexity index is 169. The molecule has 0 aliphatic heterocycles. The van der Waals surface area contributed by atoms with E-state index in [-0.39, 0.29) is 24.8 Å². The summed E-state index contributed by atoms with van der Waals surface area (Å²) in [6.07, 6.45) is -0.329. The summed E-state index contributed by atoms with van der Waals surface area (Å²) < 4.78 is 10.1. The van der Waals surface area contributed by atoms with Crippen LogP contribution in [0.2, 0.25) is 0 Å². The first-order chi connectivity index (χ1) is 6.52. The van der Waals surface area contributed by atoms with Crippen molar-refractivity contribution in [1.29, 1.82) is 0 Å². The third kappa shape index (κ3) is 4.55. The molecular weight excluding hydrogens is 184 g/mol. The molecule has 1 unspecified atom stereocenters. The van der Waals surface area contributed by atoms with Gasteiger partial charge in [0.05, 0.1) is 12.6 Å². The molecule has 0 aromatic heterocycles. The zero-order valence-electron chi connectivity index (χ0n) is 9.53. The summed E-state index contributed by atoms with van der Waals surface area (Å²) in [6, 6.07) is -0.0195. The number of likely N-dealkylation sites (N-methyl/N-ethyl adjacent to an activating group) is 1. The van der Waals surface area contributed by atoms with Gasteiger partial charge in [0.15, 0.2) is 6.29 Å². The third-order valence-corrected chi connectivity index (χ3v) is 1.95. The van der Waals surface area contributed by atoms with Gasteiger partial charge in [-0.15, -0.1) is 0 Å². The average molecular weight is 204 g/mol. The van der Waals surface area contributed by atoms with Crippen molar-refractivity contribution in [1.82, 2.24) is 10.2 Å². The second-order valence-corrected chi connectivity index (χ2v) is 3.30. The minimum absolute atomic E-state index is 0.0195. The topological polar surface area (TPSA) is 50.8 Å². The van der Waals surface area contributed by atoms with E-state index in [4.69, 9.17) is 9.47 Å². The van der Waals surface area contributed by atoms with Gasteiger partial charge in [-0.3, -0.25) is 4.79 Å². The maximum absolute atomic E-state index is 11.2. The molecule has 0 heterocycles. The minimum Gasteiger partial charge on any atom is -0.354 e. The van der Waals surface area contributed by atoms with Gasteiger partial charge >= 0.3 is 0 Å². The van der Waals surface area contributed by atoms with E-state index in [1.807, 2.05) is 6.92 Å². The molecule has 0 aromatic carbocycles. The van der Waals surface area contributed by atoms with Crippen LogP contribution in [0.3, 0.4) is 0 Å². The minimum atomic E-state index is -0.329. The van der Waals surface area contributed by atoms with Crippen LogP contribution in [0.5, 0.6) is 0 Å². The zero-order valence-corrected chi connectivity index (χ0v) is 9.53. The van der Waals surface area contributed by atoms with Crippen LogP contribution in [-0.4, -0.2) is 58.0 Å². The van der Waals surface area contributed by atoms with Crippen LogP contribution in [0.25, 0.3) is 0 Å². The molecular formula is C9H20N2O3. The van der Waals surface area contributed by atoms with Crippen molar-refractivity contribution < 1.29 is 14.3 Å². The summed E-state index contributed by atoms with van der Waals surface area (Å²) in [5.41, 5.74) is 0. The van der Waals surface area contributed by atoms with E-state index >= 15 is 0 Å². The van der Waals surface area contributed by atoms with E-state index in [0.717, 1.165) is 0 Å². The summed E-state index contributed by atoms with van der Waals surface area (Å²) in [4.78, 5) is 12.8. The molecule has 0 aliphatic rings. The lowest BCUT2D eigenvalue weighted by Crippen LogP contribution is -2.44. The van der Waals surface area contributed by atoms with Crippen LogP contribution in [0, 0.1) is 0 Å². The second-order valence-electron chi connectivity index (χ2n) is 3.30. The average Bonchev–Trinajstić information content (AvgIpc) is 2.15. The van der Waals surface area contributed by atoms with E-state index in [1.165, 1.54) is 4.90 Å². The van der Waals surface area contributed by atoms with Crippen molar-refractivity contribution in [3.8, 4) is 0 Å². The van der Waals surface area contributed by atoms with Crippen LogP contribution in [0.1, 0.15) is 6.92 Å². The van der Waals surface area contributed by atoms with E-state index in [0.29, 0.717) is 0 Å². The molecule has 5 heteroatoms. The van der Waals surface area contributed by atoms with Crippen molar-refractivity contribution in [2.24, 2.45) is 0 Å². The van der Waals surface area contributed by atoms with Crippen molar-refractivity contribution in [3.63, 3.8) is 0 Å². The number of hydrogen-bond acceptors (Lipinski definition) is 4.